The Hall–Kier alpha value is -0.916. The smallest absolute Gasteiger partial charge is 0.336 e. The van der Waals surface area contributed by atoms with Gasteiger partial charge < -0.3 is 10.8 Å². The van der Waals surface area contributed by atoms with Crippen molar-refractivity contribution in [3.63, 3.8) is 0 Å². The molecule has 0 bridgehead atoms. The predicted molar refractivity (Wildman–Crippen MR) is 86.0 cm³/mol. The third-order valence-corrected chi connectivity index (χ3v) is 13.7. The van der Waals surface area contributed by atoms with Gasteiger partial charge in [0.2, 0.25) is 0 Å². The first-order valence-corrected chi connectivity index (χ1v) is 13.5. The maximum atomic E-state index is 11.5. The van der Waals surface area contributed by atoms with Crippen molar-refractivity contribution in [1.29, 1.82) is 0 Å². The topological polar surface area (TPSA) is 63.3 Å². The predicted octanol–water partition coefficient (Wildman–Crippen LogP) is 3.29. The van der Waals surface area contributed by atoms with E-state index in [4.69, 9.17) is 5.73 Å². The number of hydrogen-bond donors (Lipinski definition) is 2. The summed E-state index contributed by atoms with van der Waals surface area (Å²) in [5.74, 6) is -0.887. The van der Waals surface area contributed by atoms with E-state index in [1.807, 2.05) is 12.1 Å². The number of rotatable bonds is 4. The Balaban J connectivity index is 3.67. The average Bonchev–Trinajstić information content (AvgIpc) is 2.24. The summed E-state index contributed by atoms with van der Waals surface area (Å²) >= 11 is 0. The first-order chi connectivity index (χ1) is 8.43. The summed E-state index contributed by atoms with van der Waals surface area (Å²) < 4.78 is 0. The second-order valence-corrected chi connectivity index (χ2v) is 18.2. The van der Waals surface area contributed by atoms with Crippen LogP contribution >= 0.6 is 0 Å². The molecule has 106 valence electrons. The molecule has 0 amide bonds. The van der Waals surface area contributed by atoms with Crippen molar-refractivity contribution in [2.45, 2.75) is 44.1 Å². The highest BCUT2D eigenvalue weighted by atomic mass is 28.4. The highest BCUT2D eigenvalue weighted by Gasteiger charge is 2.52. The van der Waals surface area contributed by atoms with E-state index in [0.29, 0.717) is 5.56 Å². The molecule has 0 spiro atoms. The van der Waals surface area contributed by atoms with Crippen molar-refractivity contribution in [3.8, 4) is 0 Å². The van der Waals surface area contributed by atoms with Gasteiger partial charge in [-0.1, -0.05) is 57.5 Å². The zero-order valence-electron chi connectivity index (χ0n) is 12.7. The summed E-state index contributed by atoms with van der Waals surface area (Å²) in [6, 6.07) is 7.23. The normalized spacial score (nSPS) is 13.4. The first kappa shape index (κ1) is 16.1. The molecule has 0 saturated carbocycles. The minimum Gasteiger partial charge on any atom is -0.478 e. The fraction of sp³-hybridized carbons (Fsp3) is 0.500. The van der Waals surface area contributed by atoms with Gasteiger partial charge in [-0.05, 0) is 11.6 Å². The van der Waals surface area contributed by atoms with Crippen molar-refractivity contribution in [2.24, 2.45) is 5.73 Å². The number of nitrogens with two attached hydrogens (primary N) is 1. The number of benzene rings is 1. The van der Waals surface area contributed by atoms with Crippen LogP contribution < -0.4 is 5.73 Å². The zero-order valence-corrected chi connectivity index (χ0v) is 14.7. The molecule has 1 aromatic carbocycles. The minimum atomic E-state index is -1.79. The Morgan fingerprint density at radius 3 is 1.84 bits per heavy atom. The van der Waals surface area contributed by atoms with Crippen molar-refractivity contribution in [1.82, 2.24) is 0 Å². The van der Waals surface area contributed by atoms with Crippen LogP contribution in [0, 0.1) is 0 Å². The molecule has 3 nitrogen and oxygen atoms in total. The largest absolute Gasteiger partial charge is 0.478 e. The third-order valence-electron chi connectivity index (χ3n) is 3.95. The Labute approximate surface area is 117 Å². The van der Waals surface area contributed by atoms with Gasteiger partial charge in [0.05, 0.1) is 21.7 Å². The number of carbonyl (C=O) groups is 1. The van der Waals surface area contributed by atoms with Gasteiger partial charge in [0.25, 0.3) is 0 Å². The number of aromatic carboxylic acids is 1. The molecule has 5 heteroatoms. The highest BCUT2D eigenvalue weighted by Crippen LogP contribution is 2.39. The molecule has 0 saturated heterocycles. The van der Waals surface area contributed by atoms with Gasteiger partial charge in [0, 0.05) is 4.79 Å². The van der Waals surface area contributed by atoms with Crippen LogP contribution in [-0.2, 0) is 4.79 Å². The quantitative estimate of drug-likeness (QED) is 0.838. The van der Waals surface area contributed by atoms with Crippen LogP contribution in [0.2, 0.25) is 39.3 Å². The summed E-state index contributed by atoms with van der Waals surface area (Å²) in [5.41, 5.74) is 8.05. The molecular weight excluding hydrogens is 270 g/mol. The Kier molecular flexibility index (Phi) is 4.15. The van der Waals surface area contributed by atoms with E-state index in [1.165, 1.54) is 0 Å². The van der Waals surface area contributed by atoms with E-state index in [1.54, 1.807) is 12.1 Å². The molecule has 0 aliphatic heterocycles. The van der Waals surface area contributed by atoms with Crippen molar-refractivity contribution in [2.75, 3.05) is 0 Å². The molecule has 3 N–H and O–H groups in total. The molecule has 19 heavy (non-hydrogen) atoms. The van der Waals surface area contributed by atoms with Crippen molar-refractivity contribution in [3.05, 3.63) is 35.4 Å². The average molecular weight is 296 g/mol. The summed E-state index contributed by atoms with van der Waals surface area (Å²) in [6.07, 6.45) is 0. The number of hydrogen-bond acceptors (Lipinski definition) is 2. The molecule has 0 fully saturated rings. The molecule has 1 rings (SSSR count). The van der Waals surface area contributed by atoms with Crippen LogP contribution in [0.4, 0.5) is 0 Å². The van der Waals surface area contributed by atoms with Gasteiger partial charge in [0.1, 0.15) is 0 Å². The molecule has 0 radical (unpaired) electrons. The van der Waals surface area contributed by atoms with Gasteiger partial charge in [-0.25, -0.2) is 4.79 Å². The number of carboxylic acids is 1. The van der Waals surface area contributed by atoms with Gasteiger partial charge in [-0.2, -0.15) is 0 Å². The lowest BCUT2D eigenvalue weighted by molar-refractivity contribution is 0.0695. The van der Waals surface area contributed by atoms with Gasteiger partial charge in [0.15, 0.2) is 0 Å². The molecule has 0 aliphatic carbocycles. The maximum Gasteiger partial charge on any atom is 0.336 e. The first-order valence-electron chi connectivity index (χ1n) is 6.54. The van der Waals surface area contributed by atoms with Crippen molar-refractivity contribution >= 4 is 22.1 Å². The second-order valence-electron chi connectivity index (χ2n) is 7.16. The molecular formula is C14H25NO2Si2. The van der Waals surface area contributed by atoms with Crippen LogP contribution in [0.15, 0.2) is 24.3 Å². The Morgan fingerprint density at radius 2 is 1.47 bits per heavy atom. The van der Waals surface area contributed by atoms with E-state index >= 15 is 0 Å². The second kappa shape index (κ2) is 4.88. The van der Waals surface area contributed by atoms with E-state index in [2.05, 4.69) is 39.3 Å². The Morgan fingerprint density at radius 1 is 1.05 bits per heavy atom. The molecule has 1 aromatic rings. The summed E-state index contributed by atoms with van der Waals surface area (Å²) in [5, 5.41) is 9.44. The summed E-state index contributed by atoms with van der Waals surface area (Å²) in [7, 11) is -3.58. The lowest BCUT2D eigenvalue weighted by Gasteiger charge is -2.50. The highest BCUT2D eigenvalue weighted by molar-refractivity contribution is 6.98. The van der Waals surface area contributed by atoms with E-state index in [9.17, 15) is 9.90 Å². The molecule has 0 atom stereocenters. The Bertz CT molecular complexity index is 473. The van der Waals surface area contributed by atoms with E-state index < -0.39 is 26.9 Å². The van der Waals surface area contributed by atoms with Crippen LogP contribution in [0.1, 0.15) is 15.9 Å². The molecule has 0 aliphatic rings. The minimum absolute atomic E-state index is 0.356. The van der Waals surface area contributed by atoms with Crippen LogP contribution in [0.3, 0.4) is 0 Å². The van der Waals surface area contributed by atoms with E-state index in [-0.39, 0.29) is 0 Å². The SMILES string of the molecule is C[Si](C)(C)C(N)(c1ccccc1C(=O)O)[Si](C)(C)C. The van der Waals surface area contributed by atoms with Crippen LogP contribution in [-0.4, -0.2) is 27.2 Å². The fourth-order valence-corrected chi connectivity index (χ4v) is 14.0. The molecule has 0 heterocycles. The van der Waals surface area contributed by atoms with Crippen LogP contribution in [0.25, 0.3) is 0 Å². The van der Waals surface area contributed by atoms with Gasteiger partial charge in [-0.15, -0.1) is 0 Å². The summed E-state index contributed by atoms with van der Waals surface area (Å²) in [4.78, 5) is 11.0. The fourth-order valence-electron chi connectivity index (χ4n) is 2.95. The van der Waals surface area contributed by atoms with Crippen LogP contribution in [0.5, 0.6) is 0 Å². The molecule has 0 unspecified atom stereocenters. The van der Waals surface area contributed by atoms with E-state index in [0.717, 1.165) is 5.56 Å². The number of carboxylic acid groups (broad SMARTS) is 1. The van der Waals surface area contributed by atoms with Gasteiger partial charge in [-0.3, -0.25) is 0 Å². The summed E-state index contributed by atoms with van der Waals surface area (Å²) in [6.45, 7) is 13.4. The maximum absolute atomic E-state index is 11.5. The zero-order chi connectivity index (χ0) is 15.1. The molecule has 0 aromatic heterocycles. The standard InChI is InChI=1S/C14H25NO2Si2/c1-18(2,3)14(15,19(4,5)6)12-10-8-7-9-11(12)13(16)17/h7-10H,15H2,1-6H3,(H,16,17). The lowest BCUT2D eigenvalue weighted by Crippen LogP contribution is -2.69. The van der Waals surface area contributed by atoms with Gasteiger partial charge >= 0.3 is 5.97 Å². The van der Waals surface area contributed by atoms with Crippen molar-refractivity contribution < 1.29 is 9.90 Å². The third kappa shape index (κ3) is 2.68. The monoisotopic (exact) mass is 295 g/mol. The lowest BCUT2D eigenvalue weighted by atomic mass is 10.1.